The Hall–Kier alpha value is -0.300. The van der Waals surface area contributed by atoms with E-state index in [4.69, 9.17) is 0 Å². The van der Waals surface area contributed by atoms with Crippen molar-refractivity contribution in [3.05, 3.63) is 12.7 Å². The van der Waals surface area contributed by atoms with Gasteiger partial charge in [-0.15, -0.1) is 6.58 Å². The molecule has 0 saturated heterocycles. The van der Waals surface area contributed by atoms with Gasteiger partial charge in [0.1, 0.15) is 0 Å². The molecule has 0 heterocycles. The fourth-order valence-corrected chi connectivity index (χ4v) is 1.53. The number of unbranched alkanes of at least 4 members (excludes halogenated alkanes) is 3. The Morgan fingerprint density at radius 2 is 1.79 bits per heavy atom. The number of hydrogen-bond donors (Lipinski definition) is 1. The van der Waals surface area contributed by atoms with Crippen LogP contribution in [-0.4, -0.2) is 11.2 Å². The quantitative estimate of drug-likeness (QED) is 0.465. The van der Waals surface area contributed by atoms with Gasteiger partial charge < -0.3 is 5.11 Å². The van der Waals surface area contributed by atoms with Crippen LogP contribution in [0.25, 0.3) is 0 Å². The van der Waals surface area contributed by atoms with Crippen LogP contribution in [-0.2, 0) is 0 Å². The van der Waals surface area contributed by atoms with Gasteiger partial charge in [0.25, 0.3) is 0 Å². The second kappa shape index (κ2) is 8.05. The van der Waals surface area contributed by atoms with E-state index in [1.807, 2.05) is 6.08 Å². The van der Waals surface area contributed by atoms with Crippen molar-refractivity contribution >= 4 is 0 Å². The lowest BCUT2D eigenvalue weighted by Gasteiger charge is -2.22. The Labute approximate surface area is 89.2 Å². The molecule has 0 fully saturated rings. The van der Waals surface area contributed by atoms with Gasteiger partial charge >= 0.3 is 0 Å². The molecule has 0 radical (unpaired) electrons. The van der Waals surface area contributed by atoms with E-state index in [9.17, 15) is 5.11 Å². The van der Waals surface area contributed by atoms with E-state index in [0.717, 1.165) is 19.3 Å². The van der Waals surface area contributed by atoms with Crippen LogP contribution in [0, 0.1) is 11.8 Å². The minimum absolute atomic E-state index is 0.112. The zero-order valence-corrected chi connectivity index (χ0v) is 10.00. The summed E-state index contributed by atoms with van der Waals surface area (Å²) in [6.45, 7) is 10.2. The van der Waals surface area contributed by atoms with Crippen molar-refractivity contribution in [1.82, 2.24) is 0 Å². The molecule has 0 aromatic heterocycles. The molecule has 2 unspecified atom stereocenters. The summed E-state index contributed by atoms with van der Waals surface area (Å²) in [5, 5.41) is 9.82. The van der Waals surface area contributed by atoms with Crippen LogP contribution in [0.15, 0.2) is 12.7 Å². The van der Waals surface area contributed by atoms with Crippen LogP contribution in [0.2, 0.25) is 0 Å². The topological polar surface area (TPSA) is 20.2 Å². The maximum Gasteiger partial charge on any atom is 0.0568 e. The average Bonchev–Trinajstić information content (AvgIpc) is 2.16. The molecule has 1 heteroatoms. The molecule has 14 heavy (non-hydrogen) atoms. The fraction of sp³-hybridized carbons (Fsp3) is 0.846. The first kappa shape index (κ1) is 13.7. The molecule has 0 rings (SSSR count). The lowest BCUT2D eigenvalue weighted by atomic mass is 9.89. The fourth-order valence-electron chi connectivity index (χ4n) is 1.53. The first-order valence-electron chi connectivity index (χ1n) is 5.88. The van der Waals surface area contributed by atoms with Gasteiger partial charge in [-0.2, -0.15) is 0 Å². The van der Waals surface area contributed by atoms with Gasteiger partial charge in [0.05, 0.1) is 6.10 Å². The SMILES string of the molecule is C=CCCCCCC(O)C(C)C(C)C. The molecule has 0 aliphatic carbocycles. The van der Waals surface area contributed by atoms with Crippen molar-refractivity contribution in [2.24, 2.45) is 11.8 Å². The van der Waals surface area contributed by atoms with Crippen LogP contribution in [0.3, 0.4) is 0 Å². The normalized spacial score (nSPS) is 15.5. The van der Waals surface area contributed by atoms with Crippen molar-refractivity contribution < 1.29 is 5.11 Å². The van der Waals surface area contributed by atoms with Crippen LogP contribution in [0.1, 0.15) is 52.9 Å². The molecule has 0 amide bonds. The van der Waals surface area contributed by atoms with Gasteiger partial charge in [-0.25, -0.2) is 0 Å². The van der Waals surface area contributed by atoms with Gasteiger partial charge in [0, 0.05) is 0 Å². The van der Waals surface area contributed by atoms with E-state index in [-0.39, 0.29) is 6.10 Å². The molecule has 0 aliphatic heterocycles. The Morgan fingerprint density at radius 3 is 2.29 bits per heavy atom. The number of aliphatic hydroxyl groups is 1. The summed E-state index contributed by atoms with van der Waals surface area (Å²) in [5.41, 5.74) is 0. The standard InChI is InChI=1S/C13H26O/c1-5-6-7-8-9-10-13(14)12(4)11(2)3/h5,11-14H,1,6-10H2,2-4H3. The zero-order valence-electron chi connectivity index (χ0n) is 10.00. The molecular weight excluding hydrogens is 172 g/mol. The summed E-state index contributed by atoms with van der Waals surface area (Å²) in [6, 6.07) is 0. The van der Waals surface area contributed by atoms with E-state index >= 15 is 0 Å². The van der Waals surface area contributed by atoms with Gasteiger partial charge in [0.2, 0.25) is 0 Å². The maximum atomic E-state index is 9.82. The van der Waals surface area contributed by atoms with Crippen LogP contribution in [0.4, 0.5) is 0 Å². The molecule has 2 atom stereocenters. The first-order chi connectivity index (χ1) is 6.59. The minimum atomic E-state index is -0.112. The van der Waals surface area contributed by atoms with Crippen LogP contribution >= 0.6 is 0 Å². The molecule has 0 aromatic carbocycles. The Morgan fingerprint density at radius 1 is 1.14 bits per heavy atom. The molecule has 0 aromatic rings. The summed E-state index contributed by atoms with van der Waals surface area (Å²) in [5.74, 6) is 1.01. The van der Waals surface area contributed by atoms with Crippen molar-refractivity contribution in [1.29, 1.82) is 0 Å². The summed E-state index contributed by atoms with van der Waals surface area (Å²) in [6.07, 6.45) is 7.49. The second-order valence-electron chi connectivity index (χ2n) is 4.60. The average molecular weight is 198 g/mol. The highest BCUT2D eigenvalue weighted by Crippen LogP contribution is 2.19. The van der Waals surface area contributed by atoms with E-state index in [1.54, 1.807) is 0 Å². The van der Waals surface area contributed by atoms with Crippen LogP contribution in [0.5, 0.6) is 0 Å². The third kappa shape index (κ3) is 6.20. The van der Waals surface area contributed by atoms with E-state index in [2.05, 4.69) is 27.4 Å². The molecule has 0 saturated carbocycles. The van der Waals surface area contributed by atoms with Crippen LogP contribution < -0.4 is 0 Å². The second-order valence-corrected chi connectivity index (χ2v) is 4.60. The van der Waals surface area contributed by atoms with E-state index in [1.165, 1.54) is 12.8 Å². The highest BCUT2D eigenvalue weighted by atomic mass is 16.3. The molecular formula is C13H26O. The summed E-state index contributed by atoms with van der Waals surface area (Å²) in [7, 11) is 0. The Kier molecular flexibility index (Phi) is 7.87. The zero-order chi connectivity index (χ0) is 11.0. The Bertz CT molecular complexity index is 140. The highest BCUT2D eigenvalue weighted by molar-refractivity contribution is 4.69. The van der Waals surface area contributed by atoms with Gasteiger partial charge in [-0.1, -0.05) is 39.7 Å². The van der Waals surface area contributed by atoms with Gasteiger partial charge in [-0.3, -0.25) is 0 Å². The van der Waals surface area contributed by atoms with Crippen molar-refractivity contribution in [2.75, 3.05) is 0 Å². The molecule has 84 valence electrons. The highest BCUT2D eigenvalue weighted by Gasteiger charge is 2.16. The third-order valence-electron chi connectivity index (χ3n) is 3.07. The maximum absolute atomic E-state index is 9.82. The van der Waals surface area contributed by atoms with E-state index in [0.29, 0.717) is 11.8 Å². The molecule has 1 N–H and O–H groups in total. The van der Waals surface area contributed by atoms with Crippen molar-refractivity contribution in [2.45, 2.75) is 59.0 Å². The number of rotatable bonds is 8. The lowest BCUT2D eigenvalue weighted by molar-refractivity contribution is 0.0814. The summed E-state index contributed by atoms with van der Waals surface area (Å²) >= 11 is 0. The van der Waals surface area contributed by atoms with Gasteiger partial charge in [0.15, 0.2) is 0 Å². The third-order valence-corrected chi connectivity index (χ3v) is 3.07. The lowest BCUT2D eigenvalue weighted by Crippen LogP contribution is -2.22. The molecule has 0 aliphatic rings. The number of hydrogen-bond acceptors (Lipinski definition) is 1. The smallest absolute Gasteiger partial charge is 0.0568 e. The predicted molar refractivity (Wildman–Crippen MR) is 63.3 cm³/mol. The van der Waals surface area contributed by atoms with E-state index < -0.39 is 0 Å². The minimum Gasteiger partial charge on any atom is -0.393 e. The molecule has 0 spiro atoms. The summed E-state index contributed by atoms with van der Waals surface area (Å²) in [4.78, 5) is 0. The Balaban J connectivity index is 3.43. The number of allylic oxidation sites excluding steroid dienone is 1. The van der Waals surface area contributed by atoms with Crippen molar-refractivity contribution in [3.63, 3.8) is 0 Å². The van der Waals surface area contributed by atoms with Crippen molar-refractivity contribution in [3.8, 4) is 0 Å². The van der Waals surface area contributed by atoms with Gasteiger partial charge in [-0.05, 0) is 31.1 Å². The largest absolute Gasteiger partial charge is 0.393 e. The molecule has 1 nitrogen and oxygen atoms in total. The monoisotopic (exact) mass is 198 g/mol. The summed E-state index contributed by atoms with van der Waals surface area (Å²) < 4.78 is 0. The molecule has 0 bridgehead atoms. The first-order valence-corrected chi connectivity index (χ1v) is 5.88. The predicted octanol–water partition coefficient (Wildman–Crippen LogP) is 3.78. The number of aliphatic hydroxyl groups excluding tert-OH is 1.